The summed E-state index contributed by atoms with van der Waals surface area (Å²) in [6.07, 6.45) is 0.445. The fourth-order valence-corrected chi connectivity index (χ4v) is 2.51. The molecule has 25 heavy (non-hydrogen) atoms. The van der Waals surface area contributed by atoms with Crippen molar-refractivity contribution in [2.45, 2.75) is 39.5 Å². The van der Waals surface area contributed by atoms with E-state index < -0.39 is 6.10 Å². The number of aliphatic hydroxyl groups is 1. The highest BCUT2D eigenvalue weighted by atomic mass is 16.5. The maximum atomic E-state index is 10.1. The highest BCUT2D eigenvalue weighted by molar-refractivity contribution is 5.36. The Hall–Kier alpha value is -1.88. The number of aryl methyl sites for hydroxylation is 1. The molecule has 0 radical (unpaired) electrons. The van der Waals surface area contributed by atoms with Gasteiger partial charge >= 0.3 is 0 Å². The summed E-state index contributed by atoms with van der Waals surface area (Å²) in [5.41, 5.74) is 3.41. The lowest BCUT2D eigenvalue weighted by molar-refractivity contribution is 0.00531. The van der Waals surface area contributed by atoms with Gasteiger partial charge in [0.05, 0.1) is 13.2 Å². The first-order valence-electron chi connectivity index (χ1n) is 8.91. The molecule has 0 bridgehead atoms. The van der Waals surface area contributed by atoms with E-state index in [0.717, 1.165) is 36.4 Å². The van der Waals surface area contributed by atoms with Crippen LogP contribution in [-0.4, -0.2) is 31.0 Å². The van der Waals surface area contributed by atoms with E-state index in [0.29, 0.717) is 6.61 Å². The van der Waals surface area contributed by atoms with E-state index in [1.807, 2.05) is 42.5 Å². The predicted molar refractivity (Wildman–Crippen MR) is 101 cm³/mol. The molecule has 2 rings (SSSR count). The molecule has 4 heteroatoms. The van der Waals surface area contributed by atoms with Crippen molar-refractivity contribution in [3.8, 4) is 5.75 Å². The minimum Gasteiger partial charge on any atom is -0.490 e. The fraction of sp³-hybridized carbons (Fsp3) is 0.429. The molecule has 0 aliphatic heterocycles. The molecule has 0 fully saturated rings. The average molecular weight is 343 g/mol. The van der Waals surface area contributed by atoms with Gasteiger partial charge in [-0.3, -0.25) is 0 Å². The minimum absolute atomic E-state index is 0.221. The van der Waals surface area contributed by atoms with Gasteiger partial charge in [0.1, 0.15) is 18.5 Å². The van der Waals surface area contributed by atoms with E-state index in [9.17, 15) is 5.11 Å². The summed E-state index contributed by atoms with van der Waals surface area (Å²) in [7, 11) is 0. The summed E-state index contributed by atoms with van der Waals surface area (Å²) >= 11 is 0. The molecule has 2 aromatic carbocycles. The first-order valence-corrected chi connectivity index (χ1v) is 8.91. The van der Waals surface area contributed by atoms with E-state index in [4.69, 9.17) is 9.47 Å². The van der Waals surface area contributed by atoms with Crippen molar-refractivity contribution in [3.63, 3.8) is 0 Å². The molecule has 1 atom stereocenters. The third kappa shape index (κ3) is 7.26. The molecule has 0 spiro atoms. The Labute approximate surface area is 150 Å². The van der Waals surface area contributed by atoms with Crippen molar-refractivity contribution in [2.75, 3.05) is 19.8 Å². The van der Waals surface area contributed by atoms with Crippen LogP contribution in [0.4, 0.5) is 0 Å². The Kier molecular flexibility index (Phi) is 8.46. The largest absolute Gasteiger partial charge is 0.490 e. The van der Waals surface area contributed by atoms with Crippen molar-refractivity contribution in [2.24, 2.45) is 0 Å². The minimum atomic E-state index is -0.651. The van der Waals surface area contributed by atoms with Gasteiger partial charge in [-0.1, -0.05) is 55.0 Å². The first-order chi connectivity index (χ1) is 12.2. The van der Waals surface area contributed by atoms with Crippen LogP contribution in [0.2, 0.25) is 0 Å². The number of nitrogens with one attached hydrogen (secondary N) is 1. The van der Waals surface area contributed by atoms with Gasteiger partial charge in [0.15, 0.2) is 0 Å². The highest BCUT2D eigenvalue weighted by Gasteiger charge is 2.09. The molecule has 1 unspecified atom stereocenters. The fourth-order valence-electron chi connectivity index (χ4n) is 2.51. The van der Waals surface area contributed by atoms with E-state index in [1.165, 1.54) is 5.56 Å². The lowest BCUT2D eigenvalue weighted by atomic mass is 10.1. The molecular formula is C21H29NO3. The summed E-state index contributed by atoms with van der Waals surface area (Å²) in [4.78, 5) is 0. The number of hydrogen-bond acceptors (Lipinski definition) is 4. The molecule has 0 saturated heterocycles. The van der Waals surface area contributed by atoms with Crippen LogP contribution < -0.4 is 10.1 Å². The van der Waals surface area contributed by atoms with Crippen LogP contribution in [0.5, 0.6) is 5.75 Å². The highest BCUT2D eigenvalue weighted by Crippen LogP contribution is 2.20. The lowest BCUT2D eigenvalue weighted by Gasteiger charge is -2.16. The summed E-state index contributed by atoms with van der Waals surface area (Å²) in [6.45, 7) is 6.93. The zero-order chi connectivity index (χ0) is 17.9. The smallest absolute Gasteiger partial charge is 0.123 e. The topological polar surface area (TPSA) is 50.7 Å². The van der Waals surface area contributed by atoms with Crippen LogP contribution in [0.15, 0.2) is 48.5 Å². The molecule has 2 N–H and O–H groups in total. The quantitative estimate of drug-likeness (QED) is 0.614. The van der Waals surface area contributed by atoms with Gasteiger partial charge in [-0.15, -0.1) is 0 Å². The first kappa shape index (κ1) is 19.4. The third-order valence-electron chi connectivity index (χ3n) is 3.81. The summed E-state index contributed by atoms with van der Waals surface area (Å²) < 4.78 is 11.4. The van der Waals surface area contributed by atoms with Gasteiger partial charge in [0, 0.05) is 12.1 Å². The maximum absolute atomic E-state index is 10.1. The van der Waals surface area contributed by atoms with Gasteiger partial charge in [-0.2, -0.15) is 0 Å². The SMILES string of the molecule is CCCNCc1cc(C)ccc1OCC(O)COCc1ccccc1. The van der Waals surface area contributed by atoms with E-state index in [-0.39, 0.29) is 13.2 Å². The second-order valence-electron chi connectivity index (χ2n) is 6.25. The normalized spacial score (nSPS) is 12.1. The van der Waals surface area contributed by atoms with Crippen molar-refractivity contribution >= 4 is 0 Å². The van der Waals surface area contributed by atoms with Crippen LogP contribution in [-0.2, 0) is 17.9 Å². The zero-order valence-electron chi connectivity index (χ0n) is 15.2. The summed E-state index contributed by atoms with van der Waals surface area (Å²) in [5.74, 6) is 0.816. The number of benzene rings is 2. The molecule has 4 nitrogen and oxygen atoms in total. The predicted octanol–water partition coefficient (Wildman–Crippen LogP) is 3.45. The van der Waals surface area contributed by atoms with Crippen molar-refractivity contribution < 1.29 is 14.6 Å². The summed E-state index contributed by atoms with van der Waals surface area (Å²) in [6, 6.07) is 16.0. The Morgan fingerprint density at radius 2 is 1.88 bits per heavy atom. The molecular weight excluding hydrogens is 314 g/mol. The third-order valence-corrected chi connectivity index (χ3v) is 3.81. The molecule has 0 saturated carbocycles. The van der Waals surface area contributed by atoms with Gasteiger partial charge in [-0.25, -0.2) is 0 Å². The van der Waals surface area contributed by atoms with Gasteiger partial charge in [0.2, 0.25) is 0 Å². The van der Waals surface area contributed by atoms with Crippen LogP contribution in [0.25, 0.3) is 0 Å². The Morgan fingerprint density at radius 3 is 2.64 bits per heavy atom. The van der Waals surface area contributed by atoms with Crippen molar-refractivity contribution in [1.82, 2.24) is 5.32 Å². The van der Waals surface area contributed by atoms with Crippen LogP contribution >= 0.6 is 0 Å². The van der Waals surface area contributed by atoms with Crippen LogP contribution in [0, 0.1) is 6.92 Å². The van der Waals surface area contributed by atoms with E-state index in [1.54, 1.807) is 0 Å². The molecule has 2 aromatic rings. The molecule has 0 aliphatic rings. The molecule has 0 aliphatic carbocycles. The average Bonchev–Trinajstić information content (AvgIpc) is 2.62. The van der Waals surface area contributed by atoms with E-state index in [2.05, 4.69) is 25.2 Å². The Bertz CT molecular complexity index is 616. The second kappa shape index (κ2) is 10.9. The Balaban J connectivity index is 1.77. The Morgan fingerprint density at radius 1 is 1.08 bits per heavy atom. The van der Waals surface area contributed by atoms with Crippen LogP contribution in [0.1, 0.15) is 30.0 Å². The van der Waals surface area contributed by atoms with Gasteiger partial charge < -0.3 is 19.9 Å². The number of ether oxygens (including phenoxy) is 2. The van der Waals surface area contributed by atoms with Gasteiger partial charge in [-0.05, 0) is 31.5 Å². The summed E-state index contributed by atoms with van der Waals surface area (Å²) in [5, 5.41) is 13.5. The number of rotatable bonds is 11. The van der Waals surface area contributed by atoms with Crippen molar-refractivity contribution in [3.05, 3.63) is 65.2 Å². The standard InChI is InChI=1S/C21H29NO3/c1-3-11-22-13-19-12-17(2)9-10-21(19)25-16-20(23)15-24-14-18-7-5-4-6-8-18/h4-10,12,20,22-23H,3,11,13-16H2,1-2H3. The zero-order valence-corrected chi connectivity index (χ0v) is 15.2. The van der Waals surface area contributed by atoms with Crippen molar-refractivity contribution in [1.29, 1.82) is 0 Å². The maximum Gasteiger partial charge on any atom is 0.123 e. The van der Waals surface area contributed by atoms with Crippen LogP contribution in [0.3, 0.4) is 0 Å². The molecule has 0 aromatic heterocycles. The molecule has 136 valence electrons. The second-order valence-corrected chi connectivity index (χ2v) is 6.25. The van der Waals surface area contributed by atoms with Gasteiger partial charge in [0.25, 0.3) is 0 Å². The molecule has 0 amide bonds. The monoisotopic (exact) mass is 343 g/mol. The number of hydrogen-bond donors (Lipinski definition) is 2. The molecule has 0 heterocycles. The lowest BCUT2D eigenvalue weighted by Crippen LogP contribution is -2.24. The number of aliphatic hydroxyl groups excluding tert-OH is 1. The van der Waals surface area contributed by atoms with E-state index >= 15 is 0 Å².